The van der Waals surface area contributed by atoms with Crippen LogP contribution in [0, 0.1) is 0 Å². The van der Waals surface area contributed by atoms with E-state index in [1.807, 2.05) is 0 Å². The molecule has 0 aliphatic carbocycles. The van der Waals surface area contributed by atoms with Gasteiger partial charge in [-0.25, -0.2) is 0 Å². The maximum absolute atomic E-state index is 5.23. The fourth-order valence-corrected chi connectivity index (χ4v) is 1.85. The van der Waals surface area contributed by atoms with Crippen molar-refractivity contribution in [1.29, 1.82) is 0 Å². The average Bonchev–Trinajstić information content (AvgIpc) is 1.79. The van der Waals surface area contributed by atoms with E-state index >= 15 is 0 Å². The third-order valence-electron chi connectivity index (χ3n) is 0.572. The summed E-state index contributed by atoms with van der Waals surface area (Å²) >= 11 is 12.2. The zero-order valence-electron chi connectivity index (χ0n) is 6.62. The molecular formula is C4H8N2S4Zn2. The van der Waals surface area contributed by atoms with Crippen molar-refractivity contribution in [2.45, 2.75) is 0 Å². The predicted molar refractivity (Wildman–Crippen MR) is 58.5 cm³/mol. The van der Waals surface area contributed by atoms with Crippen LogP contribution in [-0.4, -0.2) is 20.1 Å². The quantitative estimate of drug-likeness (QED) is 0.452. The first-order chi connectivity index (χ1) is 4.63. The van der Waals surface area contributed by atoms with Gasteiger partial charge in [0.1, 0.15) is 8.64 Å². The molecule has 0 fully saturated rings. The molecule has 0 aromatic carbocycles. The molecule has 8 heteroatoms. The molecule has 0 amide bonds. The van der Waals surface area contributed by atoms with Gasteiger partial charge >= 0.3 is 0 Å². The van der Waals surface area contributed by atoms with Crippen molar-refractivity contribution in [3.8, 4) is 0 Å². The second-order valence-corrected chi connectivity index (χ2v) is 5.00. The van der Waals surface area contributed by atoms with Crippen molar-refractivity contribution in [2.75, 3.05) is 11.5 Å². The van der Waals surface area contributed by atoms with Crippen LogP contribution < -0.4 is 11.5 Å². The average molecular weight is 343 g/mol. The normalized spacial score (nSPS) is 7.67. The molecule has 0 atom stereocenters. The molecule has 0 saturated carbocycles. The van der Waals surface area contributed by atoms with Gasteiger partial charge in [0.05, 0.1) is 0 Å². The Balaban J connectivity index is -0.000000405. The van der Waals surface area contributed by atoms with Gasteiger partial charge in [0.25, 0.3) is 0 Å². The summed E-state index contributed by atoms with van der Waals surface area (Å²) in [5.41, 5.74) is 10.5. The summed E-state index contributed by atoms with van der Waals surface area (Å²) in [6.45, 7) is 0. The summed E-state index contributed by atoms with van der Waals surface area (Å²) in [7, 11) is 0. The van der Waals surface area contributed by atoms with Crippen LogP contribution in [-0.2, 0) is 39.0 Å². The fourth-order valence-electron chi connectivity index (χ4n) is 0.285. The summed E-state index contributed by atoms with van der Waals surface area (Å²) in [6.07, 6.45) is 0. The third kappa shape index (κ3) is 17.7. The summed E-state index contributed by atoms with van der Waals surface area (Å²) in [6, 6.07) is 0. The van der Waals surface area contributed by atoms with Gasteiger partial charge in [0.2, 0.25) is 0 Å². The number of hydrogen-bond acceptors (Lipinski definition) is 4. The summed E-state index contributed by atoms with van der Waals surface area (Å²) < 4.78 is 0.951. The second kappa shape index (κ2) is 12.7. The Labute approximate surface area is 117 Å². The zero-order chi connectivity index (χ0) is 7.98. The number of nitrogens with two attached hydrogens (primary N) is 2. The first kappa shape index (κ1) is 19.3. The van der Waals surface area contributed by atoms with E-state index in [1.54, 1.807) is 0 Å². The standard InChI is InChI=1S/C4H8N2S4.2Zn/c5-3(7)9-1-2-10-4(6)8;;/h1-2H2,(H2,5,7)(H2,6,8);;. The maximum atomic E-state index is 5.23. The van der Waals surface area contributed by atoms with Crippen molar-refractivity contribution >= 4 is 56.6 Å². The van der Waals surface area contributed by atoms with Crippen molar-refractivity contribution in [2.24, 2.45) is 11.5 Å². The summed E-state index contributed by atoms with van der Waals surface area (Å²) in [4.78, 5) is 0. The fraction of sp³-hybridized carbons (Fsp3) is 0.500. The van der Waals surface area contributed by atoms with Crippen LogP contribution >= 0.6 is 48.0 Å². The van der Waals surface area contributed by atoms with E-state index in [9.17, 15) is 0 Å². The largest absolute Gasteiger partial charge is 0.385 e. The minimum absolute atomic E-state index is 0. The van der Waals surface area contributed by atoms with Crippen molar-refractivity contribution in [1.82, 2.24) is 0 Å². The molecule has 2 nitrogen and oxygen atoms in total. The number of hydrogen-bond donors (Lipinski definition) is 2. The molecule has 0 heterocycles. The van der Waals surface area contributed by atoms with Gasteiger partial charge in [-0.15, -0.1) is 0 Å². The smallest absolute Gasteiger partial charge is 0.131 e. The van der Waals surface area contributed by atoms with Crippen molar-refractivity contribution in [3.05, 3.63) is 0 Å². The molecule has 4 N–H and O–H groups in total. The van der Waals surface area contributed by atoms with E-state index in [-0.39, 0.29) is 39.0 Å². The van der Waals surface area contributed by atoms with Gasteiger partial charge in [-0.05, 0) is 0 Å². The van der Waals surface area contributed by atoms with Crippen LogP contribution in [0.25, 0.3) is 0 Å². The summed E-state index contributed by atoms with van der Waals surface area (Å²) in [5.74, 6) is 1.74. The molecule has 0 saturated heterocycles. The Morgan fingerprint density at radius 1 is 0.917 bits per heavy atom. The van der Waals surface area contributed by atoms with Gasteiger partial charge in [0.15, 0.2) is 0 Å². The van der Waals surface area contributed by atoms with E-state index in [2.05, 4.69) is 24.4 Å². The molecule has 0 aromatic rings. The molecule has 0 rings (SSSR count). The SMILES string of the molecule is NC(=S)SCCSC(N)=S.[Zn].[Zn]. The topological polar surface area (TPSA) is 52.0 Å². The molecule has 0 aliphatic rings. The molecule has 0 radical (unpaired) electrons. The van der Waals surface area contributed by atoms with Crippen LogP contribution in [0.3, 0.4) is 0 Å². The van der Waals surface area contributed by atoms with Gasteiger partial charge in [-0.3, -0.25) is 0 Å². The molecule has 0 bridgehead atoms. The predicted octanol–water partition coefficient (Wildman–Crippen LogP) is 0.935. The second-order valence-electron chi connectivity index (χ2n) is 1.33. The molecule has 0 unspecified atom stereocenters. The van der Waals surface area contributed by atoms with Crippen LogP contribution in [0.4, 0.5) is 0 Å². The minimum Gasteiger partial charge on any atom is -0.385 e. The van der Waals surface area contributed by atoms with E-state index in [4.69, 9.17) is 11.5 Å². The monoisotopic (exact) mass is 340 g/mol. The van der Waals surface area contributed by atoms with E-state index < -0.39 is 0 Å². The molecule has 62 valence electrons. The zero-order valence-corrected chi connectivity index (χ0v) is 15.8. The van der Waals surface area contributed by atoms with Gasteiger partial charge in [-0.2, -0.15) is 0 Å². The van der Waals surface area contributed by atoms with E-state index in [1.165, 1.54) is 23.5 Å². The molecule has 12 heavy (non-hydrogen) atoms. The number of thioether (sulfide) groups is 2. The molecule has 0 aromatic heterocycles. The van der Waals surface area contributed by atoms with Crippen molar-refractivity contribution < 1.29 is 39.0 Å². The van der Waals surface area contributed by atoms with Gasteiger partial charge in [-0.1, -0.05) is 48.0 Å². The Morgan fingerprint density at radius 2 is 1.17 bits per heavy atom. The Hall–Kier alpha value is 1.73. The van der Waals surface area contributed by atoms with Crippen LogP contribution in [0.5, 0.6) is 0 Å². The maximum Gasteiger partial charge on any atom is 0.131 e. The third-order valence-corrected chi connectivity index (χ3v) is 2.92. The number of thiocarbonyl (C=S) groups is 2. The van der Waals surface area contributed by atoms with E-state index in [0.717, 1.165) is 11.5 Å². The first-order valence-electron chi connectivity index (χ1n) is 2.47. The Morgan fingerprint density at radius 3 is 1.33 bits per heavy atom. The minimum atomic E-state index is 0. The Bertz CT molecular complexity index is 127. The van der Waals surface area contributed by atoms with Crippen LogP contribution in [0.1, 0.15) is 0 Å². The molecule has 0 spiro atoms. The van der Waals surface area contributed by atoms with Crippen LogP contribution in [0.15, 0.2) is 0 Å². The summed E-state index contributed by atoms with van der Waals surface area (Å²) in [5, 5.41) is 0. The molecular weight excluding hydrogens is 335 g/mol. The molecule has 0 aliphatic heterocycles. The van der Waals surface area contributed by atoms with Crippen LogP contribution in [0.2, 0.25) is 0 Å². The number of rotatable bonds is 3. The van der Waals surface area contributed by atoms with E-state index in [0.29, 0.717) is 8.64 Å². The Kier molecular flexibility index (Phi) is 20.5. The van der Waals surface area contributed by atoms with Gasteiger partial charge in [0, 0.05) is 50.5 Å². The first-order valence-corrected chi connectivity index (χ1v) is 5.26. The van der Waals surface area contributed by atoms with Crippen molar-refractivity contribution in [3.63, 3.8) is 0 Å². The van der Waals surface area contributed by atoms with Gasteiger partial charge < -0.3 is 11.5 Å².